The molecule has 1 atom stereocenters. The number of hydrogen-bond acceptors (Lipinski definition) is 3. The standard InChI is InChI=1S/C12H19N3/c1-10-4-7-14-12(9-10)15-8-5-11-3-2-6-13-11/h4,7,9,11,13H,2-3,5-6,8H2,1H3,(H,14,15)/t11-/m1/s1. The van der Waals surface area contributed by atoms with Crippen LogP contribution in [0.3, 0.4) is 0 Å². The number of pyridine rings is 1. The van der Waals surface area contributed by atoms with Gasteiger partial charge in [0.2, 0.25) is 0 Å². The van der Waals surface area contributed by atoms with E-state index in [9.17, 15) is 0 Å². The van der Waals surface area contributed by atoms with Gasteiger partial charge < -0.3 is 10.6 Å². The molecule has 0 aliphatic carbocycles. The van der Waals surface area contributed by atoms with Gasteiger partial charge in [-0.05, 0) is 50.4 Å². The van der Waals surface area contributed by atoms with Crippen molar-refractivity contribution < 1.29 is 0 Å². The van der Waals surface area contributed by atoms with Crippen molar-refractivity contribution in [3.63, 3.8) is 0 Å². The summed E-state index contributed by atoms with van der Waals surface area (Å²) in [4.78, 5) is 4.27. The van der Waals surface area contributed by atoms with Crippen molar-refractivity contribution in [3.05, 3.63) is 23.9 Å². The van der Waals surface area contributed by atoms with Gasteiger partial charge in [0.05, 0.1) is 0 Å². The molecular formula is C12H19N3. The van der Waals surface area contributed by atoms with E-state index in [0.717, 1.165) is 12.4 Å². The Hall–Kier alpha value is -1.09. The Labute approximate surface area is 91.3 Å². The molecule has 3 nitrogen and oxygen atoms in total. The van der Waals surface area contributed by atoms with Gasteiger partial charge in [-0.2, -0.15) is 0 Å². The van der Waals surface area contributed by atoms with Crippen LogP contribution in [0.1, 0.15) is 24.8 Å². The molecule has 1 fully saturated rings. The molecule has 15 heavy (non-hydrogen) atoms. The van der Waals surface area contributed by atoms with Crippen LogP contribution >= 0.6 is 0 Å². The van der Waals surface area contributed by atoms with Crippen LogP contribution in [-0.2, 0) is 0 Å². The van der Waals surface area contributed by atoms with E-state index in [1.54, 1.807) is 0 Å². The second kappa shape index (κ2) is 5.12. The average Bonchev–Trinajstić information content (AvgIpc) is 2.71. The number of anilines is 1. The maximum atomic E-state index is 4.27. The molecule has 3 heteroatoms. The van der Waals surface area contributed by atoms with Gasteiger partial charge in [-0.3, -0.25) is 0 Å². The molecule has 0 aromatic carbocycles. The zero-order chi connectivity index (χ0) is 10.5. The van der Waals surface area contributed by atoms with E-state index in [1.165, 1.54) is 31.4 Å². The van der Waals surface area contributed by atoms with Crippen LogP contribution in [0.25, 0.3) is 0 Å². The van der Waals surface area contributed by atoms with Crippen LogP contribution in [0.2, 0.25) is 0 Å². The molecule has 1 aromatic rings. The van der Waals surface area contributed by atoms with Gasteiger partial charge >= 0.3 is 0 Å². The van der Waals surface area contributed by atoms with E-state index in [4.69, 9.17) is 0 Å². The Bertz CT molecular complexity index is 305. The number of aromatic nitrogens is 1. The molecule has 2 N–H and O–H groups in total. The Morgan fingerprint density at radius 3 is 3.27 bits per heavy atom. The van der Waals surface area contributed by atoms with Crippen molar-refractivity contribution >= 4 is 5.82 Å². The van der Waals surface area contributed by atoms with Crippen molar-refractivity contribution in [1.82, 2.24) is 10.3 Å². The fraction of sp³-hybridized carbons (Fsp3) is 0.583. The lowest BCUT2D eigenvalue weighted by molar-refractivity contribution is 0.574. The van der Waals surface area contributed by atoms with Gasteiger partial charge in [0.15, 0.2) is 0 Å². The Morgan fingerprint density at radius 1 is 1.60 bits per heavy atom. The summed E-state index contributed by atoms with van der Waals surface area (Å²) in [7, 11) is 0. The quantitative estimate of drug-likeness (QED) is 0.789. The van der Waals surface area contributed by atoms with Crippen LogP contribution < -0.4 is 10.6 Å². The van der Waals surface area contributed by atoms with Gasteiger partial charge in [-0.1, -0.05) is 0 Å². The molecule has 1 aliphatic rings. The lowest BCUT2D eigenvalue weighted by atomic mass is 10.1. The fourth-order valence-electron chi connectivity index (χ4n) is 2.01. The lowest BCUT2D eigenvalue weighted by Crippen LogP contribution is -2.24. The van der Waals surface area contributed by atoms with Gasteiger partial charge in [0.25, 0.3) is 0 Å². The van der Waals surface area contributed by atoms with E-state index < -0.39 is 0 Å². The molecule has 82 valence electrons. The summed E-state index contributed by atoms with van der Waals surface area (Å²) in [6.07, 6.45) is 5.69. The number of aryl methyl sites for hydroxylation is 1. The first-order valence-electron chi connectivity index (χ1n) is 5.74. The van der Waals surface area contributed by atoms with E-state index in [1.807, 2.05) is 12.3 Å². The maximum Gasteiger partial charge on any atom is 0.126 e. The summed E-state index contributed by atoms with van der Waals surface area (Å²) in [6, 6.07) is 4.81. The van der Waals surface area contributed by atoms with E-state index in [-0.39, 0.29) is 0 Å². The first kappa shape index (κ1) is 10.4. The predicted molar refractivity (Wildman–Crippen MR) is 63.1 cm³/mol. The molecule has 0 bridgehead atoms. The Morgan fingerprint density at radius 2 is 2.53 bits per heavy atom. The molecule has 0 radical (unpaired) electrons. The number of rotatable bonds is 4. The third-order valence-electron chi connectivity index (χ3n) is 2.88. The highest BCUT2D eigenvalue weighted by Gasteiger charge is 2.12. The monoisotopic (exact) mass is 205 g/mol. The summed E-state index contributed by atoms with van der Waals surface area (Å²) in [5.74, 6) is 0.994. The van der Waals surface area contributed by atoms with Crippen molar-refractivity contribution in [2.24, 2.45) is 0 Å². The van der Waals surface area contributed by atoms with Gasteiger partial charge in [-0.15, -0.1) is 0 Å². The van der Waals surface area contributed by atoms with Gasteiger partial charge in [-0.25, -0.2) is 4.98 Å². The molecule has 2 heterocycles. The Balaban J connectivity index is 1.73. The van der Waals surface area contributed by atoms with Crippen LogP contribution in [0, 0.1) is 6.92 Å². The second-order valence-corrected chi connectivity index (χ2v) is 4.23. The predicted octanol–water partition coefficient (Wildman–Crippen LogP) is 1.94. The lowest BCUT2D eigenvalue weighted by Gasteiger charge is -2.11. The molecule has 2 rings (SSSR count). The summed E-state index contributed by atoms with van der Waals surface area (Å²) < 4.78 is 0. The highest BCUT2D eigenvalue weighted by Crippen LogP contribution is 2.10. The minimum absolute atomic E-state index is 0.710. The van der Waals surface area contributed by atoms with E-state index >= 15 is 0 Å². The van der Waals surface area contributed by atoms with Gasteiger partial charge in [0, 0.05) is 18.8 Å². The minimum Gasteiger partial charge on any atom is -0.370 e. The number of nitrogens with one attached hydrogen (secondary N) is 2. The topological polar surface area (TPSA) is 37.0 Å². The molecule has 0 unspecified atom stereocenters. The normalized spacial score (nSPS) is 20.5. The number of hydrogen-bond donors (Lipinski definition) is 2. The molecule has 0 spiro atoms. The fourth-order valence-corrected chi connectivity index (χ4v) is 2.01. The summed E-state index contributed by atoms with van der Waals surface area (Å²) in [5, 5.41) is 6.86. The molecule has 1 aromatic heterocycles. The summed E-state index contributed by atoms with van der Waals surface area (Å²) in [6.45, 7) is 4.28. The third-order valence-corrected chi connectivity index (χ3v) is 2.88. The largest absolute Gasteiger partial charge is 0.370 e. The van der Waals surface area contributed by atoms with Crippen LogP contribution in [0.5, 0.6) is 0 Å². The zero-order valence-electron chi connectivity index (χ0n) is 9.29. The van der Waals surface area contributed by atoms with Crippen LogP contribution in [0.15, 0.2) is 18.3 Å². The summed E-state index contributed by atoms with van der Waals surface area (Å²) in [5.41, 5.74) is 1.26. The highest BCUT2D eigenvalue weighted by atomic mass is 15.0. The zero-order valence-corrected chi connectivity index (χ0v) is 9.29. The summed E-state index contributed by atoms with van der Waals surface area (Å²) >= 11 is 0. The van der Waals surface area contributed by atoms with Crippen molar-refractivity contribution in [1.29, 1.82) is 0 Å². The number of nitrogens with zero attached hydrogens (tertiary/aromatic N) is 1. The maximum absolute atomic E-state index is 4.27. The average molecular weight is 205 g/mol. The van der Waals surface area contributed by atoms with Crippen LogP contribution in [0.4, 0.5) is 5.82 Å². The van der Waals surface area contributed by atoms with E-state index in [2.05, 4.69) is 28.6 Å². The van der Waals surface area contributed by atoms with Crippen LogP contribution in [-0.4, -0.2) is 24.1 Å². The molecule has 1 saturated heterocycles. The van der Waals surface area contributed by atoms with Crippen molar-refractivity contribution in [3.8, 4) is 0 Å². The Kier molecular flexibility index (Phi) is 3.56. The highest BCUT2D eigenvalue weighted by molar-refractivity contribution is 5.36. The van der Waals surface area contributed by atoms with E-state index in [0.29, 0.717) is 6.04 Å². The second-order valence-electron chi connectivity index (χ2n) is 4.23. The molecule has 0 amide bonds. The third kappa shape index (κ3) is 3.20. The van der Waals surface area contributed by atoms with Crippen molar-refractivity contribution in [2.75, 3.05) is 18.4 Å². The first-order valence-corrected chi connectivity index (χ1v) is 5.74. The SMILES string of the molecule is Cc1ccnc(NCC[C@H]2CCCN2)c1. The minimum atomic E-state index is 0.710. The molecule has 0 saturated carbocycles. The smallest absolute Gasteiger partial charge is 0.126 e. The van der Waals surface area contributed by atoms with Gasteiger partial charge in [0.1, 0.15) is 5.82 Å². The van der Waals surface area contributed by atoms with Crippen molar-refractivity contribution in [2.45, 2.75) is 32.2 Å². The molecule has 1 aliphatic heterocycles. The first-order chi connectivity index (χ1) is 7.34. The molecular weight excluding hydrogens is 186 g/mol.